The molecule has 0 N–H and O–H groups in total. The first-order valence-corrected chi connectivity index (χ1v) is 10.2. The van der Waals surface area contributed by atoms with Crippen LogP contribution in [0, 0.1) is 0 Å². The largest absolute Gasteiger partial charge is 0.241 e. The summed E-state index contributed by atoms with van der Waals surface area (Å²) in [4.78, 5) is 9.38. The van der Waals surface area contributed by atoms with Crippen LogP contribution in [0.2, 0.25) is 0 Å². The quantitative estimate of drug-likeness (QED) is 0.561. The number of hydrogen-bond acceptors (Lipinski definition) is 2. The van der Waals surface area contributed by atoms with Crippen molar-refractivity contribution in [2.45, 2.75) is 83.5 Å². The molecule has 134 valence electrons. The van der Waals surface area contributed by atoms with Crippen molar-refractivity contribution < 1.29 is 0 Å². The van der Waals surface area contributed by atoms with Crippen LogP contribution in [0.4, 0.5) is 0 Å². The monoisotopic (exact) mass is 336 g/mol. The van der Waals surface area contributed by atoms with Gasteiger partial charge in [-0.05, 0) is 67.6 Å². The Labute approximate surface area is 153 Å². The van der Waals surface area contributed by atoms with Crippen molar-refractivity contribution in [2.75, 3.05) is 0 Å². The van der Waals surface area contributed by atoms with Gasteiger partial charge in [-0.15, -0.1) is 0 Å². The van der Waals surface area contributed by atoms with Gasteiger partial charge in [-0.2, -0.15) is 0 Å². The fourth-order valence-corrected chi connectivity index (χ4v) is 3.99. The normalized spacial score (nSPS) is 20.6. The first-order valence-electron chi connectivity index (χ1n) is 10.2. The van der Waals surface area contributed by atoms with Gasteiger partial charge in [0.05, 0.1) is 0 Å². The van der Waals surface area contributed by atoms with Crippen LogP contribution >= 0.6 is 0 Å². The topological polar surface area (TPSA) is 25.8 Å². The maximum Gasteiger partial charge on any atom is 0.131 e. The van der Waals surface area contributed by atoms with Gasteiger partial charge in [0.25, 0.3) is 0 Å². The second-order valence-electron chi connectivity index (χ2n) is 7.55. The van der Waals surface area contributed by atoms with Crippen molar-refractivity contribution in [3.05, 3.63) is 59.2 Å². The number of aryl methyl sites for hydroxylation is 2. The maximum atomic E-state index is 4.69. The van der Waals surface area contributed by atoms with Crippen molar-refractivity contribution in [1.29, 1.82) is 0 Å². The predicted octanol–water partition coefficient (Wildman–Crippen LogP) is 6.21. The molecule has 0 spiro atoms. The van der Waals surface area contributed by atoms with Crippen molar-refractivity contribution in [1.82, 2.24) is 9.97 Å². The van der Waals surface area contributed by atoms with Gasteiger partial charge in [-0.1, -0.05) is 51.0 Å². The Morgan fingerprint density at radius 1 is 0.800 bits per heavy atom. The highest BCUT2D eigenvalue weighted by Crippen LogP contribution is 2.39. The molecule has 0 bridgehead atoms. The lowest BCUT2D eigenvalue weighted by atomic mass is 9.78. The molecule has 1 saturated carbocycles. The van der Waals surface area contributed by atoms with E-state index >= 15 is 0 Å². The molecule has 1 aromatic heterocycles. The summed E-state index contributed by atoms with van der Waals surface area (Å²) in [6.07, 6.45) is 15.1. The van der Waals surface area contributed by atoms with Crippen LogP contribution in [0.1, 0.15) is 93.1 Å². The second-order valence-corrected chi connectivity index (χ2v) is 7.55. The Balaban J connectivity index is 1.52. The molecule has 0 amide bonds. The first kappa shape index (κ1) is 18.1. The van der Waals surface area contributed by atoms with Crippen LogP contribution in [-0.2, 0) is 12.8 Å². The molecule has 25 heavy (non-hydrogen) atoms. The summed E-state index contributed by atoms with van der Waals surface area (Å²) in [5, 5.41) is 0. The molecule has 2 aromatic rings. The zero-order valence-corrected chi connectivity index (χ0v) is 15.9. The summed E-state index contributed by atoms with van der Waals surface area (Å²) in [5.41, 5.74) is 4.25. The van der Waals surface area contributed by atoms with Gasteiger partial charge in [0.2, 0.25) is 0 Å². The highest BCUT2D eigenvalue weighted by molar-refractivity contribution is 5.26. The molecule has 1 aliphatic rings. The minimum atomic E-state index is 0.552. The van der Waals surface area contributed by atoms with E-state index in [0.717, 1.165) is 24.6 Å². The maximum absolute atomic E-state index is 4.69. The Bertz CT molecular complexity index is 622. The zero-order valence-electron chi connectivity index (χ0n) is 15.9. The van der Waals surface area contributed by atoms with Crippen molar-refractivity contribution >= 4 is 0 Å². The number of rotatable bonds is 7. The third kappa shape index (κ3) is 4.90. The predicted molar refractivity (Wildman–Crippen MR) is 105 cm³/mol. The Morgan fingerprint density at radius 3 is 2.04 bits per heavy atom. The van der Waals surface area contributed by atoms with Crippen LogP contribution < -0.4 is 0 Å². The van der Waals surface area contributed by atoms with Crippen LogP contribution in [-0.4, -0.2) is 9.97 Å². The SMILES string of the molecule is CCCCCc1cnc(C2CCC(c3ccc(CC)cc3)CC2)nc1. The third-order valence-corrected chi connectivity index (χ3v) is 5.75. The van der Waals surface area contributed by atoms with E-state index in [9.17, 15) is 0 Å². The highest BCUT2D eigenvalue weighted by Gasteiger charge is 2.25. The average molecular weight is 337 g/mol. The van der Waals surface area contributed by atoms with Gasteiger partial charge in [-0.25, -0.2) is 9.97 Å². The molecule has 0 unspecified atom stereocenters. The summed E-state index contributed by atoms with van der Waals surface area (Å²) in [6, 6.07) is 9.26. The van der Waals surface area contributed by atoms with E-state index < -0.39 is 0 Å². The molecule has 2 nitrogen and oxygen atoms in total. The van der Waals surface area contributed by atoms with Crippen molar-refractivity contribution in [3.63, 3.8) is 0 Å². The lowest BCUT2D eigenvalue weighted by Gasteiger charge is -2.28. The Morgan fingerprint density at radius 2 is 1.44 bits per heavy atom. The van der Waals surface area contributed by atoms with Gasteiger partial charge in [0, 0.05) is 18.3 Å². The molecule has 3 rings (SSSR count). The Kier molecular flexibility index (Phi) is 6.61. The summed E-state index contributed by atoms with van der Waals surface area (Å²) in [6.45, 7) is 4.46. The molecule has 1 fully saturated rings. The molecule has 0 aliphatic heterocycles. The minimum absolute atomic E-state index is 0.552. The molecule has 0 atom stereocenters. The molecule has 0 saturated heterocycles. The van der Waals surface area contributed by atoms with Crippen LogP contribution in [0.3, 0.4) is 0 Å². The van der Waals surface area contributed by atoms with Gasteiger partial charge in [0.1, 0.15) is 5.82 Å². The summed E-state index contributed by atoms with van der Waals surface area (Å²) in [7, 11) is 0. The van der Waals surface area contributed by atoms with Gasteiger partial charge >= 0.3 is 0 Å². The molecular formula is C23H32N2. The van der Waals surface area contributed by atoms with Crippen molar-refractivity contribution in [2.24, 2.45) is 0 Å². The number of unbranched alkanes of at least 4 members (excludes halogenated alkanes) is 2. The summed E-state index contributed by atoms with van der Waals surface area (Å²) in [5.74, 6) is 2.34. The van der Waals surface area contributed by atoms with E-state index in [4.69, 9.17) is 9.97 Å². The molecular weight excluding hydrogens is 304 g/mol. The first-order chi connectivity index (χ1) is 12.3. The average Bonchev–Trinajstić information content (AvgIpc) is 2.69. The van der Waals surface area contributed by atoms with E-state index in [1.165, 1.54) is 61.6 Å². The van der Waals surface area contributed by atoms with Crippen LogP contribution in [0.5, 0.6) is 0 Å². The Hall–Kier alpha value is -1.70. The third-order valence-electron chi connectivity index (χ3n) is 5.75. The summed E-state index contributed by atoms with van der Waals surface area (Å²) < 4.78 is 0. The summed E-state index contributed by atoms with van der Waals surface area (Å²) >= 11 is 0. The lowest BCUT2D eigenvalue weighted by molar-refractivity contribution is 0.385. The van der Waals surface area contributed by atoms with Gasteiger partial charge in [-0.3, -0.25) is 0 Å². The smallest absolute Gasteiger partial charge is 0.131 e. The van der Waals surface area contributed by atoms with E-state index in [1.807, 2.05) is 0 Å². The molecule has 1 heterocycles. The number of aromatic nitrogens is 2. The number of nitrogens with zero attached hydrogens (tertiary/aromatic N) is 2. The lowest BCUT2D eigenvalue weighted by Crippen LogP contribution is -2.14. The standard InChI is InChI=1S/C23H32N2/c1-3-5-6-7-19-16-24-23(25-17-19)22-14-12-21(13-15-22)20-10-8-18(4-2)9-11-20/h8-11,16-17,21-22H,3-7,12-15H2,1-2H3. The molecule has 2 heteroatoms. The minimum Gasteiger partial charge on any atom is -0.241 e. The van der Waals surface area contributed by atoms with Gasteiger partial charge < -0.3 is 0 Å². The van der Waals surface area contributed by atoms with E-state index in [-0.39, 0.29) is 0 Å². The van der Waals surface area contributed by atoms with Gasteiger partial charge in [0.15, 0.2) is 0 Å². The van der Waals surface area contributed by atoms with Crippen LogP contribution in [0.15, 0.2) is 36.7 Å². The number of hydrogen-bond donors (Lipinski definition) is 0. The zero-order chi connectivity index (χ0) is 17.5. The van der Waals surface area contributed by atoms with Crippen LogP contribution in [0.25, 0.3) is 0 Å². The second kappa shape index (κ2) is 9.12. The highest BCUT2D eigenvalue weighted by atomic mass is 14.9. The van der Waals surface area contributed by atoms with E-state index in [2.05, 4.69) is 50.5 Å². The van der Waals surface area contributed by atoms with E-state index in [0.29, 0.717) is 5.92 Å². The number of benzene rings is 1. The van der Waals surface area contributed by atoms with E-state index in [1.54, 1.807) is 0 Å². The molecule has 0 radical (unpaired) electrons. The molecule has 1 aliphatic carbocycles. The molecule has 1 aromatic carbocycles. The fourth-order valence-electron chi connectivity index (χ4n) is 3.99. The fraction of sp³-hybridized carbons (Fsp3) is 0.565. The van der Waals surface area contributed by atoms with Crippen molar-refractivity contribution in [3.8, 4) is 0 Å².